The van der Waals surface area contributed by atoms with Crippen LogP contribution in [-0.2, 0) is 13.1 Å². The first-order valence-electron chi connectivity index (χ1n) is 7.82. The maximum Gasteiger partial charge on any atom is 0.191 e. The SMILES string of the molecule is CN=C(NCc1ccc(C)c(F)c1)NCc1cccnc1N(C)C. The first-order valence-corrected chi connectivity index (χ1v) is 7.82. The molecule has 1 aromatic carbocycles. The average Bonchev–Trinajstić information content (AvgIpc) is 2.58. The predicted octanol–water partition coefficient (Wildman–Crippen LogP) is 2.46. The van der Waals surface area contributed by atoms with Crippen LogP contribution in [0.15, 0.2) is 41.5 Å². The first kappa shape index (κ1) is 17.7. The Kier molecular flexibility index (Phi) is 6.12. The smallest absolute Gasteiger partial charge is 0.191 e. The van der Waals surface area contributed by atoms with Crippen molar-refractivity contribution in [3.8, 4) is 0 Å². The van der Waals surface area contributed by atoms with Crippen molar-refractivity contribution in [1.82, 2.24) is 15.6 Å². The zero-order valence-electron chi connectivity index (χ0n) is 14.6. The minimum Gasteiger partial charge on any atom is -0.362 e. The number of hydrogen-bond acceptors (Lipinski definition) is 3. The molecule has 6 heteroatoms. The molecule has 0 bridgehead atoms. The van der Waals surface area contributed by atoms with Gasteiger partial charge in [0, 0.05) is 46.0 Å². The lowest BCUT2D eigenvalue weighted by Gasteiger charge is -2.17. The van der Waals surface area contributed by atoms with E-state index < -0.39 is 0 Å². The number of nitrogens with zero attached hydrogens (tertiary/aromatic N) is 3. The summed E-state index contributed by atoms with van der Waals surface area (Å²) in [6.07, 6.45) is 1.78. The summed E-state index contributed by atoms with van der Waals surface area (Å²) in [5, 5.41) is 6.45. The van der Waals surface area contributed by atoms with Gasteiger partial charge in [0.25, 0.3) is 0 Å². The maximum atomic E-state index is 13.6. The molecule has 0 aliphatic rings. The van der Waals surface area contributed by atoms with Gasteiger partial charge in [0.2, 0.25) is 0 Å². The Balaban J connectivity index is 1.94. The number of benzene rings is 1. The number of halogens is 1. The van der Waals surface area contributed by atoms with Gasteiger partial charge in [-0.3, -0.25) is 4.99 Å². The van der Waals surface area contributed by atoms with Crippen molar-refractivity contribution in [2.24, 2.45) is 4.99 Å². The lowest BCUT2D eigenvalue weighted by atomic mass is 10.1. The molecule has 2 rings (SSSR count). The Morgan fingerprint density at radius 1 is 1.21 bits per heavy atom. The topological polar surface area (TPSA) is 52.6 Å². The van der Waals surface area contributed by atoms with Gasteiger partial charge in [-0.05, 0) is 30.2 Å². The van der Waals surface area contributed by atoms with Crippen LogP contribution in [0.3, 0.4) is 0 Å². The van der Waals surface area contributed by atoms with Gasteiger partial charge in [-0.25, -0.2) is 9.37 Å². The molecule has 0 amide bonds. The van der Waals surface area contributed by atoms with Gasteiger partial charge in [-0.1, -0.05) is 18.2 Å². The number of aromatic nitrogens is 1. The van der Waals surface area contributed by atoms with Crippen LogP contribution >= 0.6 is 0 Å². The normalized spacial score (nSPS) is 11.3. The largest absolute Gasteiger partial charge is 0.362 e. The van der Waals surface area contributed by atoms with E-state index in [1.807, 2.05) is 37.2 Å². The number of aliphatic imine (C=N–C) groups is 1. The third-order valence-electron chi connectivity index (χ3n) is 3.66. The minimum absolute atomic E-state index is 0.191. The molecule has 5 nitrogen and oxygen atoms in total. The van der Waals surface area contributed by atoms with Crippen molar-refractivity contribution < 1.29 is 4.39 Å². The summed E-state index contributed by atoms with van der Waals surface area (Å²) in [5.41, 5.74) is 2.59. The van der Waals surface area contributed by atoms with Gasteiger partial charge >= 0.3 is 0 Å². The maximum absolute atomic E-state index is 13.6. The molecular formula is C18H24FN5. The van der Waals surface area contributed by atoms with Crippen LogP contribution in [0.5, 0.6) is 0 Å². The summed E-state index contributed by atoms with van der Waals surface area (Å²) in [4.78, 5) is 10.6. The first-order chi connectivity index (χ1) is 11.5. The van der Waals surface area contributed by atoms with E-state index in [4.69, 9.17) is 0 Å². The number of rotatable bonds is 5. The van der Waals surface area contributed by atoms with Crippen molar-refractivity contribution in [1.29, 1.82) is 0 Å². The van der Waals surface area contributed by atoms with Gasteiger partial charge in [-0.15, -0.1) is 0 Å². The quantitative estimate of drug-likeness (QED) is 0.654. The van der Waals surface area contributed by atoms with Crippen LogP contribution in [-0.4, -0.2) is 32.1 Å². The van der Waals surface area contributed by atoms with Crippen LogP contribution in [0.25, 0.3) is 0 Å². The second kappa shape index (κ2) is 8.29. The monoisotopic (exact) mass is 329 g/mol. The Bertz CT molecular complexity index is 712. The molecule has 1 aromatic heterocycles. The van der Waals surface area contributed by atoms with E-state index in [1.165, 1.54) is 0 Å². The molecule has 0 atom stereocenters. The molecule has 0 unspecified atom stereocenters. The van der Waals surface area contributed by atoms with E-state index in [0.29, 0.717) is 24.6 Å². The third kappa shape index (κ3) is 4.68. The van der Waals surface area contributed by atoms with Crippen LogP contribution in [0.2, 0.25) is 0 Å². The molecule has 0 saturated carbocycles. The predicted molar refractivity (Wildman–Crippen MR) is 96.7 cm³/mol. The molecule has 0 aliphatic carbocycles. The Morgan fingerprint density at radius 3 is 2.62 bits per heavy atom. The fourth-order valence-corrected chi connectivity index (χ4v) is 2.30. The van der Waals surface area contributed by atoms with Crippen LogP contribution in [0.4, 0.5) is 10.2 Å². The van der Waals surface area contributed by atoms with Crippen molar-refractivity contribution in [3.05, 3.63) is 59.0 Å². The highest BCUT2D eigenvalue weighted by molar-refractivity contribution is 5.79. The summed E-state index contributed by atoms with van der Waals surface area (Å²) in [5.74, 6) is 1.38. The highest BCUT2D eigenvalue weighted by atomic mass is 19.1. The standard InChI is InChI=1S/C18H24FN5/c1-13-7-8-14(10-16(13)19)11-22-18(20-2)23-12-15-6-5-9-21-17(15)24(3)4/h5-10H,11-12H2,1-4H3,(H2,20,22,23). The van der Waals surface area contributed by atoms with E-state index in [-0.39, 0.29) is 5.82 Å². The zero-order valence-corrected chi connectivity index (χ0v) is 14.6. The summed E-state index contributed by atoms with van der Waals surface area (Å²) < 4.78 is 13.6. The van der Waals surface area contributed by atoms with Crippen LogP contribution in [0, 0.1) is 12.7 Å². The zero-order chi connectivity index (χ0) is 17.5. The fourth-order valence-electron chi connectivity index (χ4n) is 2.30. The minimum atomic E-state index is -0.191. The lowest BCUT2D eigenvalue weighted by Crippen LogP contribution is -2.36. The number of hydrogen-bond donors (Lipinski definition) is 2. The second-order valence-corrected chi connectivity index (χ2v) is 5.74. The van der Waals surface area contributed by atoms with E-state index in [2.05, 4.69) is 20.6 Å². The van der Waals surface area contributed by atoms with Crippen LogP contribution in [0.1, 0.15) is 16.7 Å². The van der Waals surface area contributed by atoms with E-state index in [0.717, 1.165) is 16.9 Å². The van der Waals surface area contributed by atoms with Crippen molar-refractivity contribution in [3.63, 3.8) is 0 Å². The fraction of sp³-hybridized carbons (Fsp3) is 0.333. The number of aryl methyl sites for hydroxylation is 1. The molecule has 128 valence electrons. The van der Waals surface area contributed by atoms with Crippen molar-refractivity contribution >= 4 is 11.8 Å². The van der Waals surface area contributed by atoms with Gasteiger partial charge in [-0.2, -0.15) is 0 Å². The molecule has 0 spiro atoms. The van der Waals surface area contributed by atoms with Crippen molar-refractivity contribution in [2.45, 2.75) is 20.0 Å². The van der Waals surface area contributed by atoms with E-state index in [9.17, 15) is 4.39 Å². The summed E-state index contributed by atoms with van der Waals surface area (Å²) in [7, 11) is 5.64. The highest BCUT2D eigenvalue weighted by Gasteiger charge is 2.06. The molecule has 2 N–H and O–H groups in total. The molecule has 24 heavy (non-hydrogen) atoms. The van der Waals surface area contributed by atoms with Crippen molar-refractivity contribution in [2.75, 3.05) is 26.0 Å². The summed E-state index contributed by atoms with van der Waals surface area (Å²) in [6.45, 7) is 2.86. The Hall–Kier alpha value is -2.63. The lowest BCUT2D eigenvalue weighted by molar-refractivity contribution is 0.615. The van der Waals surface area contributed by atoms with Gasteiger partial charge < -0.3 is 15.5 Å². The molecule has 0 saturated heterocycles. The number of pyridine rings is 1. The molecule has 0 fully saturated rings. The van der Waals surface area contributed by atoms with E-state index in [1.54, 1.807) is 32.3 Å². The number of guanidine groups is 1. The summed E-state index contributed by atoms with van der Waals surface area (Å²) in [6, 6.07) is 9.17. The van der Waals surface area contributed by atoms with Gasteiger partial charge in [0.1, 0.15) is 11.6 Å². The molecule has 0 aliphatic heterocycles. The van der Waals surface area contributed by atoms with Crippen LogP contribution < -0.4 is 15.5 Å². The second-order valence-electron chi connectivity index (χ2n) is 5.74. The number of nitrogens with one attached hydrogen (secondary N) is 2. The number of anilines is 1. The molecule has 0 radical (unpaired) electrons. The highest BCUT2D eigenvalue weighted by Crippen LogP contribution is 2.13. The Labute approximate surface area is 142 Å². The van der Waals surface area contributed by atoms with Gasteiger partial charge in [0.15, 0.2) is 5.96 Å². The van der Waals surface area contributed by atoms with E-state index >= 15 is 0 Å². The average molecular weight is 329 g/mol. The van der Waals surface area contributed by atoms with Gasteiger partial charge in [0.05, 0.1) is 0 Å². The molecule has 2 aromatic rings. The third-order valence-corrected chi connectivity index (χ3v) is 3.66. The Morgan fingerprint density at radius 2 is 1.96 bits per heavy atom. The molecular weight excluding hydrogens is 305 g/mol. The summed E-state index contributed by atoms with van der Waals surface area (Å²) >= 11 is 0. The molecule has 1 heterocycles.